The molecule has 0 aliphatic rings. The molecule has 0 bridgehead atoms. The third-order valence-electron chi connectivity index (χ3n) is 2.72. The van der Waals surface area contributed by atoms with Gasteiger partial charge in [-0.05, 0) is 17.7 Å². The van der Waals surface area contributed by atoms with Crippen LogP contribution in [0.15, 0.2) is 53.4 Å². The third kappa shape index (κ3) is 3.98. The summed E-state index contributed by atoms with van der Waals surface area (Å²) in [4.78, 5) is 10.2. The van der Waals surface area contributed by atoms with Crippen molar-refractivity contribution in [1.82, 2.24) is 0 Å². The Morgan fingerprint density at radius 1 is 1.10 bits per heavy atom. The van der Waals surface area contributed by atoms with Crippen molar-refractivity contribution in [3.63, 3.8) is 0 Å². The van der Waals surface area contributed by atoms with Crippen LogP contribution in [0, 0.1) is 10.1 Å². The maximum absolute atomic E-state index is 12.7. The van der Waals surface area contributed by atoms with Crippen molar-refractivity contribution in [1.29, 1.82) is 0 Å². The summed E-state index contributed by atoms with van der Waals surface area (Å²) in [6, 6.07) is 12.3. The summed E-state index contributed by atoms with van der Waals surface area (Å²) in [5.41, 5.74) is -1.15. The minimum atomic E-state index is -4.73. The van der Waals surface area contributed by atoms with Gasteiger partial charge < -0.3 is 0 Å². The predicted octanol–water partition coefficient (Wildman–Crippen LogP) is 4.91. The first-order chi connectivity index (χ1) is 9.88. The molecular formula is C14H10F3NO2S. The summed E-state index contributed by atoms with van der Waals surface area (Å²) in [5, 5.41) is 10.8. The average Bonchev–Trinajstić information content (AvgIpc) is 2.45. The molecule has 21 heavy (non-hydrogen) atoms. The van der Waals surface area contributed by atoms with E-state index < -0.39 is 22.4 Å². The van der Waals surface area contributed by atoms with E-state index in [1.807, 2.05) is 30.3 Å². The summed E-state index contributed by atoms with van der Waals surface area (Å²) in [7, 11) is 0. The second-order valence-corrected chi connectivity index (χ2v) is 5.26. The van der Waals surface area contributed by atoms with E-state index in [0.29, 0.717) is 10.6 Å². The lowest BCUT2D eigenvalue weighted by Gasteiger charge is -2.09. The van der Waals surface area contributed by atoms with Gasteiger partial charge >= 0.3 is 6.18 Å². The molecule has 0 unspecified atom stereocenters. The Labute approximate surface area is 122 Å². The Hall–Kier alpha value is -2.02. The fraction of sp³-hybridized carbons (Fsp3) is 0.143. The van der Waals surface area contributed by atoms with E-state index in [0.717, 1.165) is 17.7 Å². The number of rotatable bonds is 4. The smallest absolute Gasteiger partial charge is 0.258 e. The van der Waals surface area contributed by atoms with Crippen LogP contribution < -0.4 is 0 Å². The monoisotopic (exact) mass is 313 g/mol. The van der Waals surface area contributed by atoms with Crippen LogP contribution in [-0.2, 0) is 11.9 Å². The maximum atomic E-state index is 12.7. The Balaban J connectivity index is 2.22. The van der Waals surface area contributed by atoms with Gasteiger partial charge in [0.2, 0.25) is 0 Å². The van der Waals surface area contributed by atoms with E-state index in [2.05, 4.69) is 0 Å². The van der Waals surface area contributed by atoms with Gasteiger partial charge in [0.05, 0.1) is 4.92 Å². The van der Waals surface area contributed by atoms with Crippen LogP contribution >= 0.6 is 11.8 Å². The van der Waals surface area contributed by atoms with E-state index in [1.165, 1.54) is 17.8 Å². The first kappa shape index (κ1) is 15.4. The molecule has 0 aliphatic carbocycles. The standard InChI is InChI=1S/C14H10F3NO2S/c15-14(16,17)12-7-6-11(8-13(12)18(19)20)21-9-10-4-2-1-3-5-10/h1-8H,9H2. The predicted molar refractivity (Wildman–Crippen MR) is 74.1 cm³/mol. The highest BCUT2D eigenvalue weighted by molar-refractivity contribution is 7.98. The maximum Gasteiger partial charge on any atom is 0.422 e. The lowest BCUT2D eigenvalue weighted by atomic mass is 10.2. The summed E-state index contributed by atoms with van der Waals surface area (Å²) in [5.74, 6) is 0.531. The molecule has 3 nitrogen and oxygen atoms in total. The van der Waals surface area contributed by atoms with E-state index in [9.17, 15) is 23.3 Å². The van der Waals surface area contributed by atoms with Crippen molar-refractivity contribution >= 4 is 17.4 Å². The number of nitro groups is 1. The quantitative estimate of drug-likeness (QED) is 0.458. The molecule has 7 heteroatoms. The minimum Gasteiger partial charge on any atom is -0.258 e. The van der Waals surface area contributed by atoms with Crippen molar-refractivity contribution in [2.24, 2.45) is 0 Å². The highest BCUT2D eigenvalue weighted by atomic mass is 32.2. The van der Waals surface area contributed by atoms with Crippen LogP contribution in [0.3, 0.4) is 0 Å². The molecule has 0 saturated heterocycles. The lowest BCUT2D eigenvalue weighted by Crippen LogP contribution is -2.08. The number of thioether (sulfide) groups is 1. The Bertz CT molecular complexity index is 644. The molecule has 2 aromatic rings. The highest BCUT2D eigenvalue weighted by Gasteiger charge is 2.38. The number of nitro benzene ring substituents is 1. The Morgan fingerprint density at radius 3 is 2.33 bits per heavy atom. The average molecular weight is 313 g/mol. The second kappa shape index (κ2) is 6.17. The van der Waals surface area contributed by atoms with Crippen molar-refractivity contribution in [3.05, 3.63) is 69.8 Å². The third-order valence-corrected chi connectivity index (χ3v) is 3.78. The zero-order valence-corrected chi connectivity index (χ0v) is 11.4. The van der Waals surface area contributed by atoms with E-state index >= 15 is 0 Å². The van der Waals surface area contributed by atoms with Crippen LogP contribution in [0.1, 0.15) is 11.1 Å². The fourth-order valence-corrected chi connectivity index (χ4v) is 2.62. The number of benzene rings is 2. The number of alkyl halides is 3. The molecule has 2 rings (SSSR count). The van der Waals surface area contributed by atoms with Crippen LogP contribution in [0.4, 0.5) is 18.9 Å². The molecule has 0 aliphatic heterocycles. The van der Waals surface area contributed by atoms with E-state index in [4.69, 9.17) is 0 Å². The molecule has 0 radical (unpaired) electrons. The number of nitrogens with zero attached hydrogens (tertiary/aromatic N) is 1. The number of halogens is 3. The van der Waals surface area contributed by atoms with Gasteiger partial charge in [-0.2, -0.15) is 13.2 Å². The molecule has 0 amide bonds. The molecule has 0 spiro atoms. The number of hydrogen-bond donors (Lipinski definition) is 0. The molecule has 0 heterocycles. The first-order valence-corrected chi connectivity index (χ1v) is 6.89. The van der Waals surface area contributed by atoms with Gasteiger partial charge in [0.15, 0.2) is 0 Å². The van der Waals surface area contributed by atoms with Gasteiger partial charge in [-0.25, -0.2) is 0 Å². The first-order valence-electron chi connectivity index (χ1n) is 5.90. The van der Waals surface area contributed by atoms with Crippen LogP contribution in [0.25, 0.3) is 0 Å². The summed E-state index contributed by atoms with van der Waals surface area (Å²) < 4.78 is 38.0. The van der Waals surface area contributed by atoms with E-state index in [-0.39, 0.29) is 0 Å². The van der Waals surface area contributed by atoms with Crippen molar-refractivity contribution in [2.75, 3.05) is 0 Å². The summed E-state index contributed by atoms with van der Waals surface area (Å²) in [6.45, 7) is 0. The summed E-state index contributed by atoms with van der Waals surface area (Å²) in [6.07, 6.45) is -4.73. The molecule has 110 valence electrons. The SMILES string of the molecule is O=[N+]([O-])c1cc(SCc2ccccc2)ccc1C(F)(F)F. The van der Waals surface area contributed by atoms with Gasteiger partial charge in [0, 0.05) is 16.7 Å². The van der Waals surface area contributed by atoms with Gasteiger partial charge in [-0.3, -0.25) is 10.1 Å². The fourth-order valence-electron chi connectivity index (χ4n) is 1.73. The molecule has 0 fully saturated rings. The lowest BCUT2D eigenvalue weighted by molar-refractivity contribution is -0.388. The van der Waals surface area contributed by atoms with Crippen molar-refractivity contribution < 1.29 is 18.1 Å². The second-order valence-electron chi connectivity index (χ2n) is 4.21. The topological polar surface area (TPSA) is 43.1 Å². The van der Waals surface area contributed by atoms with E-state index in [1.54, 1.807) is 0 Å². The molecular weight excluding hydrogens is 303 g/mol. The van der Waals surface area contributed by atoms with Crippen molar-refractivity contribution in [2.45, 2.75) is 16.8 Å². The van der Waals surface area contributed by atoms with Crippen LogP contribution in [0.5, 0.6) is 0 Å². The highest BCUT2D eigenvalue weighted by Crippen LogP contribution is 2.38. The molecule has 0 atom stereocenters. The van der Waals surface area contributed by atoms with Crippen LogP contribution in [0.2, 0.25) is 0 Å². The van der Waals surface area contributed by atoms with Gasteiger partial charge in [0.25, 0.3) is 5.69 Å². The molecule has 0 aromatic heterocycles. The van der Waals surface area contributed by atoms with Gasteiger partial charge in [-0.1, -0.05) is 30.3 Å². The molecule has 2 aromatic carbocycles. The molecule has 0 saturated carbocycles. The molecule has 0 N–H and O–H groups in total. The Kier molecular flexibility index (Phi) is 4.52. The zero-order chi connectivity index (χ0) is 15.5. The van der Waals surface area contributed by atoms with Gasteiger partial charge in [0.1, 0.15) is 5.56 Å². The number of hydrogen-bond acceptors (Lipinski definition) is 3. The van der Waals surface area contributed by atoms with Gasteiger partial charge in [-0.15, -0.1) is 11.8 Å². The zero-order valence-electron chi connectivity index (χ0n) is 10.6. The van der Waals surface area contributed by atoms with Crippen LogP contribution in [-0.4, -0.2) is 4.92 Å². The largest absolute Gasteiger partial charge is 0.422 e. The minimum absolute atomic E-state index is 0.429. The normalized spacial score (nSPS) is 11.4. The summed E-state index contributed by atoms with van der Waals surface area (Å²) >= 11 is 1.25. The Morgan fingerprint density at radius 2 is 1.76 bits per heavy atom. The van der Waals surface area contributed by atoms with Crippen molar-refractivity contribution in [3.8, 4) is 0 Å².